The number of hydrogen-bond acceptors (Lipinski definition) is 6. The zero-order valence-corrected chi connectivity index (χ0v) is 15.8. The molecule has 3 aromatic heterocycles. The van der Waals surface area contributed by atoms with Gasteiger partial charge in [0.25, 0.3) is 5.91 Å². The SMILES string of the molecule is N#Cc1ccc(Nc2cc(C(=O)Nc3cnccc3-c3ccccc3)ccn2)nc1. The van der Waals surface area contributed by atoms with Gasteiger partial charge in [0, 0.05) is 29.7 Å². The first-order valence-corrected chi connectivity index (χ1v) is 9.13. The van der Waals surface area contributed by atoms with Crippen molar-refractivity contribution in [1.29, 1.82) is 5.26 Å². The van der Waals surface area contributed by atoms with E-state index in [-0.39, 0.29) is 5.91 Å². The van der Waals surface area contributed by atoms with Gasteiger partial charge in [0.2, 0.25) is 0 Å². The van der Waals surface area contributed by atoms with E-state index in [0.717, 1.165) is 11.1 Å². The average molecular weight is 392 g/mol. The summed E-state index contributed by atoms with van der Waals surface area (Å²) in [7, 11) is 0. The summed E-state index contributed by atoms with van der Waals surface area (Å²) >= 11 is 0. The topological polar surface area (TPSA) is 104 Å². The highest BCUT2D eigenvalue weighted by Gasteiger charge is 2.12. The van der Waals surface area contributed by atoms with Crippen LogP contribution in [0.2, 0.25) is 0 Å². The molecule has 7 nitrogen and oxygen atoms in total. The molecular formula is C23H16N6O. The van der Waals surface area contributed by atoms with Crippen LogP contribution in [0.3, 0.4) is 0 Å². The molecule has 0 spiro atoms. The summed E-state index contributed by atoms with van der Waals surface area (Å²) in [6.07, 6.45) is 6.33. The fourth-order valence-electron chi connectivity index (χ4n) is 2.86. The van der Waals surface area contributed by atoms with Gasteiger partial charge in [-0.3, -0.25) is 9.78 Å². The Balaban J connectivity index is 1.54. The second-order valence-corrected chi connectivity index (χ2v) is 6.34. The van der Waals surface area contributed by atoms with Crippen LogP contribution >= 0.6 is 0 Å². The zero-order chi connectivity index (χ0) is 20.8. The van der Waals surface area contributed by atoms with E-state index >= 15 is 0 Å². The minimum absolute atomic E-state index is 0.279. The predicted molar refractivity (Wildman–Crippen MR) is 114 cm³/mol. The number of pyridine rings is 3. The zero-order valence-electron chi connectivity index (χ0n) is 15.8. The molecule has 4 rings (SSSR count). The number of hydrogen-bond donors (Lipinski definition) is 2. The van der Waals surface area contributed by atoms with E-state index in [1.165, 1.54) is 6.20 Å². The van der Waals surface area contributed by atoms with Crippen molar-refractivity contribution in [3.63, 3.8) is 0 Å². The lowest BCUT2D eigenvalue weighted by molar-refractivity contribution is 0.102. The Bertz CT molecular complexity index is 1220. The Morgan fingerprint density at radius 2 is 1.77 bits per heavy atom. The van der Waals surface area contributed by atoms with Crippen LogP contribution in [0.25, 0.3) is 11.1 Å². The average Bonchev–Trinajstić information content (AvgIpc) is 2.81. The molecule has 2 N–H and O–H groups in total. The standard InChI is InChI=1S/C23H16N6O/c24-13-16-6-7-21(27-14-16)29-22-12-18(8-11-26-22)23(30)28-20-15-25-10-9-19(20)17-4-2-1-3-5-17/h1-12,14-15H,(H,28,30)(H,26,27,29). The minimum atomic E-state index is -0.279. The van der Waals surface area contributed by atoms with E-state index in [4.69, 9.17) is 5.26 Å². The second kappa shape index (κ2) is 8.63. The molecule has 3 heterocycles. The number of carbonyl (C=O) groups excluding carboxylic acids is 1. The molecule has 0 radical (unpaired) electrons. The number of nitriles is 1. The van der Waals surface area contributed by atoms with Gasteiger partial charge in [-0.1, -0.05) is 30.3 Å². The Hall–Kier alpha value is -4.57. The highest BCUT2D eigenvalue weighted by atomic mass is 16.1. The number of rotatable bonds is 5. The molecule has 7 heteroatoms. The van der Waals surface area contributed by atoms with Gasteiger partial charge in [-0.05, 0) is 35.9 Å². The van der Waals surface area contributed by atoms with Crippen LogP contribution in [0.4, 0.5) is 17.3 Å². The smallest absolute Gasteiger partial charge is 0.255 e. The Kier molecular flexibility index (Phi) is 5.40. The lowest BCUT2D eigenvalue weighted by Crippen LogP contribution is -2.13. The van der Waals surface area contributed by atoms with Gasteiger partial charge in [0.1, 0.15) is 17.7 Å². The van der Waals surface area contributed by atoms with E-state index in [0.29, 0.717) is 28.5 Å². The Morgan fingerprint density at radius 3 is 2.53 bits per heavy atom. The van der Waals surface area contributed by atoms with Crippen LogP contribution < -0.4 is 10.6 Å². The van der Waals surface area contributed by atoms with Gasteiger partial charge >= 0.3 is 0 Å². The van der Waals surface area contributed by atoms with Gasteiger partial charge in [0.15, 0.2) is 0 Å². The molecule has 1 amide bonds. The van der Waals surface area contributed by atoms with Crippen molar-refractivity contribution in [1.82, 2.24) is 15.0 Å². The summed E-state index contributed by atoms with van der Waals surface area (Å²) in [5.41, 5.74) is 3.39. The van der Waals surface area contributed by atoms with Crippen LogP contribution in [-0.2, 0) is 0 Å². The number of amides is 1. The van der Waals surface area contributed by atoms with Crippen molar-refractivity contribution in [2.45, 2.75) is 0 Å². The Morgan fingerprint density at radius 1 is 0.900 bits per heavy atom. The van der Waals surface area contributed by atoms with Crippen LogP contribution in [0, 0.1) is 11.3 Å². The first-order chi connectivity index (χ1) is 14.7. The molecule has 0 saturated carbocycles. The Labute approximate surface area is 173 Å². The summed E-state index contributed by atoms with van der Waals surface area (Å²) in [4.78, 5) is 25.3. The largest absolute Gasteiger partial charge is 0.325 e. The maximum Gasteiger partial charge on any atom is 0.255 e. The number of anilines is 3. The third kappa shape index (κ3) is 4.29. The van der Waals surface area contributed by atoms with E-state index < -0.39 is 0 Å². The van der Waals surface area contributed by atoms with E-state index in [1.807, 2.05) is 42.5 Å². The fourth-order valence-corrected chi connectivity index (χ4v) is 2.86. The van der Waals surface area contributed by atoms with E-state index in [2.05, 4.69) is 25.6 Å². The molecule has 0 saturated heterocycles. The number of nitrogens with one attached hydrogen (secondary N) is 2. The van der Waals surface area contributed by atoms with Crippen molar-refractivity contribution in [2.24, 2.45) is 0 Å². The van der Waals surface area contributed by atoms with Crippen LogP contribution in [0.15, 0.2) is 85.5 Å². The number of nitrogens with zero attached hydrogens (tertiary/aromatic N) is 4. The predicted octanol–water partition coefficient (Wildman–Crippen LogP) is 4.41. The number of aromatic nitrogens is 3. The molecule has 0 aliphatic rings. The van der Waals surface area contributed by atoms with Crippen LogP contribution in [0.5, 0.6) is 0 Å². The van der Waals surface area contributed by atoms with Gasteiger partial charge in [-0.25, -0.2) is 9.97 Å². The second-order valence-electron chi connectivity index (χ2n) is 6.34. The van der Waals surface area contributed by atoms with Crippen LogP contribution in [-0.4, -0.2) is 20.9 Å². The molecule has 1 aromatic carbocycles. The first-order valence-electron chi connectivity index (χ1n) is 9.13. The minimum Gasteiger partial charge on any atom is -0.325 e. The summed E-state index contributed by atoms with van der Waals surface area (Å²) in [5.74, 6) is 0.713. The van der Waals surface area contributed by atoms with Crippen molar-refractivity contribution < 1.29 is 4.79 Å². The highest BCUT2D eigenvalue weighted by Crippen LogP contribution is 2.27. The van der Waals surface area contributed by atoms with Crippen molar-refractivity contribution >= 4 is 23.2 Å². The maximum absolute atomic E-state index is 12.8. The van der Waals surface area contributed by atoms with Gasteiger partial charge < -0.3 is 10.6 Å². The van der Waals surface area contributed by atoms with E-state index in [1.54, 1.807) is 42.9 Å². The van der Waals surface area contributed by atoms with Crippen molar-refractivity contribution in [3.8, 4) is 17.2 Å². The molecule has 4 aromatic rings. The maximum atomic E-state index is 12.8. The lowest BCUT2D eigenvalue weighted by Gasteiger charge is -2.11. The first kappa shape index (κ1) is 18.8. The molecule has 0 aliphatic heterocycles. The van der Waals surface area contributed by atoms with Gasteiger partial charge in [0.05, 0.1) is 17.4 Å². The third-order valence-electron chi connectivity index (χ3n) is 4.32. The summed E-state index contributed by atoms with van der Waals surface area (Å²) in [6.45, 7) is 0. The van der Waals surface area contributed by atoms with Crippen LogP contribution in [0.1, 0.15) is 15.9 Å². The molecule has 0 bridgehead atoms. The van der Waals surface area contributed by atoms with E-state index in [9.17, 15) is 4.79 Å². The quantitative estimate of drug-likeness (QED) is 0.521. The van der Waals surface area contributed by atoms with Crippen molar-refractivity contribution in [2.75, 3.05) is 10.6 Å². The molecule has 30 heavy (non-hydrogen) atoms. The summed E-state index contributed by atoms with van der Waals surface area (Å²) < 4.78 is 0. The normalized spacial score (nSPS) is 10.1. The number of benzene rings is 1. The fraction of sp³-hybridized carbons (Fsp3) is 0. The highest BCUT2D eigenvalue weighted by molar-refractivity contribution is 6.06. The molecule has 0 atom stereocenters. The van der Waals surface area contributed by atoms with Crippen molar-refractivity contribution in [3.05, 3.63) is 96.6 Å². The molecule has 0 unspecified atom stereocenters. The molecule has 144 valence electrons. The third-order valence-corrected chi connectivity index (χ3v) is 4.32. The monoisotopic (exact) mass is 392 g/mol. The molecule has 0 aliphatic carbocycles. The lowest BCUT2D eigenvalue weighted by atomic mass is 10.1. The summed E-state index contributed by atoms with van der Waals surface area (Å²) in [6, 6.07) is 20.3. The number of carbonyl (C=O) groups is 1. The summed E-state index contributed by atoms with van der Waals surface area (Å²) in [5, 5.41) is 14.8. The van der Waals surface area contributed by atoms with Gasteiger partial charge in [-0.15, -0.1) is 0 Å². The molecule has 0 fully saturated rings. The molecular weight excluding hydrogens is 376 g/mol. The van der Waals surface area contributed by atoms with Gasteiger partial charge in [-0.2, -0.15) is 5.26 Å².